The molecule has 2 aliphatic rings. The third-order valence-corrected chi connectivity index (χ3v) is 4.75. The van der Waals surface area contributed by atoms with Crippen LogP contribution in [0.2, 0.25) is 0 Å². The van der Waals surface area contributed by atoms with Crippen LogP contribution in [0.4, 0.5) is 0 Å². The Bertz CT molecular complexity index is 455. The van der Waals surface area contributed by atoms with Gasteiger partial charge in [0.05, 0.1) is 17.8 Å². The van der Waals surface area contributed by atoms with E-state index in [0.29, 0.717) is 0 Å². The van der Waals surface area contributed by atoms with E-state index in [4.69, 9.17) is 4.98 Å². The number of hydrogen-bond acceptors (Lipinski definition) is 3. The van der Waals surface area contributed by atoms with E-state index in [1.807, 2.05) is 0 Å². The molecule has 0 amide bonds. The molecule has 112 valence electrons. The second kappa shape index (κ2) is 6.27. The Morgan fingerprint density at radius 2 is 2.15 bits per heavy atom. The Morgan fingerprint density at radius 1 is 1.30 bits per heavy atom. The van der Waals surface area contributed by atoms with Crippen LogP contribution in [0, 0.1) is 0 Å². The topological polar surface area (TPSA) is 50.1 Å². The van der Waals surface area contributed by atoms with Crippen molar-refractivity contribution < 1.29 is 5.11 Å². The molecule has 2 unspecified atom stereocenters. The van der Waals surface area contributed by atoms with Crippen molar-refractivity contribution in [3.05, 3.63) is 17.2 Å². The van der Waals surface area contributed by atoms with Crippen molar-refractivity contribution in [3.8, 4) is 0 Å². The van der Waals surface area contributed by atoms with Gasteiger partial charge in [0.2, 0.25) is 0 Å². The summed E-state index contributed by atoms with van der Waals surface area (Å²) >= 11 is 0. The van der Waals surface area contributed by atoms with E-state index in [1.54, 1.807) is 0 Å². The highest BCUT2D eigenvalue weighted by Gasteiger charge is 2.29. The molecule has 1 saturated carbocycles. The molecule has 0 saturated heterocycles. The van der Waals surface area contributed by atoms with Crippen molar-refractivity contribution in [2.75, 3.05) is 6.54 Å². The molecule has 2 heterocycles. The number of hydrogen-bond donors (Lipinski definition) is 2. The van der Waals surface area contributed by atoms with Crippen LogP contribution in [0.1, 0.15) is 68.7 Å². The van der Waals surface area contributed by atoms with Crippen LogP contribution >= 0.6 is 0 Å². The lowest BCUT2D eigenvalue weighted by Crippen LogP contribution is -2.30. The Morgan fingerprint density at radius 3 is 3.00 bits per heavy atom. The molecule has 1 aromatic heterocycles. The number of rotatable bonds is 3. The van der Waals surface area contributed by atoms with Gasteiger partial charge in [0, 0.05) is 31.6 Å². The molecule has 1 aromatic rings. The second-order valence-corrected chi connectivity index (χ2v) is 6.24. The van der Waals surface area contributed by atoms with Crippen LogP contribution < -0.4 is 5.32 Å². The number of imidazole rings is 1. The predicted molar refractivity (Wildman–Crippen MR) is 79.8 cm³/mol. The number of fused-ring (bicyclic) bond motifs is 1. The van der Waals surface area contributed by atoms with E-state index in [-0.39, 0.29) is 12.1 Å². The maximum atomic E-state index is 10.6. The summed E-state index contributed by atoms with van der Waals surface area (Å²) in [5.41, 5.74) is 2.61. The molecule has 0 radical (unpaired) electrons. The summed E-state index contributed by atoms with van der Waals surface area (Å²) in [4.78, 5) is 4.87. The summed E-state index contributed by atoms with van der Waals surface area (Å²) < 4.78 is 2.43. The van der Waals surface area contributed by atoms with Gasteiger partial charge in [-0.1, -0.05) is 26.2 Å². The minimum absolute atomic E-state index is 0.193. The normalized spacial score (nSPS) is 27.1. The van der Waals surface area contributed by atoms with Crippen molar-refractivity contribution in [3.63, 3.8) is 0 Å². The number of nitrogens with one attached hydrogen (secondary N) is 1. The average molecular weight is 277 g/mol. The molecule has 1 aliphatic carbocycles. The fraction of sp³-hybridized carbons (Fsp3) is 0.812. The van der Waals surface area contributed by atoms with Crippen LogP contribution in [0.15, 0.2) is 0 Å². The van der Waals surface area contributed by atoms with Gasteiger partial charge in [-0.15, -0.1) is 0 Å². The van der Waals surface area contributed by atoms with Gasteiger partial charge in [-0.3, -0.25) is 0 Å². The summed E-state index contributed by atoms with van der Waals surface area (Å²) in [5.74, 6) is 1.20. The maximum absolute atomic E-state index is 10.6. The van der Waals surface area contributed by atoms with Crippen LogP contribution in [-0.2, 0) is 19.4 Å². The molecule has 2 N–H and O–H groups in total. The Hall–Kier alpha value is -0.870. The van der Waals surface area contributed by atoms with E-state index in [1.165, 1.54) is 36.5 Å². The van der Waals surface area contributed by atoms with Crippen LogP contribution in [0.25, 0.3) is 0 Å². The van der Waals surface area contributed by atoms with Crippen molar-refractivity contribution in [1.82, 2.24) is 14.9 Å². The molecular weight excluding hydrogens is 250 g/mol. The smallest absolute Gasteiger partial charge is 0.109 e. The van der Waals surface area contributed by atoms with Gasteiger partial charge >= 0.3 is 0 Å². The molecule has 1 aliphatic heterocycles. The number of aryl methyl sites for hydroxylation is 1. The van der Waals surface area contributed by atoms with Gasteiger partial charge in [0.25, 0.3) is 0 Å². The molecule has 2 atom stereocenters. The highest BCUT2D eigenvalue weighted by atomic mass is 16.3. The first kappa shape index (κ1) is 14.1. The average Bonchev–Trinajstić information content (AvgIpc) is 2.67. The standard InChI is InChI=1S/C16H27N3O/c1-2-6-16-18-12-11-17-10-9-13(12)19(16)14-7-4-3-5-8-15(14)20/h14-15,17,20H,2-11H2,1H3. The fourth-order valence-electron chi connectivity index (χ4n) is 3.75. The highest BCUT2D eigenvalue weighted by Crippen LogP contribution is 2.32. The van der Waals surface area contributed by atoms with Crippen LogP contribution in [-0.4, -0.2) is 27.3 Å². The number of aliphatic hydroxyl groups is 1. The van der Waals surface area contributed by atoms with E-state index in [9.17, 15) is 5.11 Å². The molecule has 0 spiro atoms. The van der Waals surface area contributed by atoms with Crippen molar-refractivity contribution in [2.45, 2.75) is 77.0 Å². The summed E-state index contributed by atoms with van der Waals surface area (Å²) in [5, 5.41) is 14.0. The lowest BCUT2D eigenvalue weighted by molar-refractivity contribution is 0.102. The molecule has 4 nitrogen and oxygen atoms in total. The zero-order chi connectivity index (χ0) is 13.9. The highest BCUT2D eigenvalue weighted by molar-refractivity contribution is 5.22. The molecule has 0 bridgehead atoms. The minimum atomic E-state index is -0.193. The van der Waals surface area contributed by atoms with Crippen molar-refractivity contribution in [1.29, 1.82) is 0 Å². The first-order valence-electron chi connectivity index (χ1n) is 8.29. The summed E-state index contributed by atoms with van der Waals surface area (Å²) in [6.45, 7) is 4.13. The van der Waals surface area contributed by atoms with Gasteiger partial charge in [0.1, 0.15) is 5.82 Å². The largest absolute Gasteiger partial charge is 0.391 e. The minimum Gasteiger partial charge on any atom is -0.391 e. The molecule has 4 heteroatoms. The molecule has 20 heavy (non-hydrogen) atoms. The van der Waals surface area contributed by atoms with E-state index in [2.05, 4.69) is 16.8 Å². The number of aromatic nitrogens is 2. The van der Waals surface area contributed by atoms with E-state index >= 15 is 0 Å². The second-order valence-electron chi connectivity index (χ2n) is 6.24. The Balaban J connectivity index is 1.98. The lowest BCUT2D eigenvalue weighted by atomic mass is 10.0. The van der Waals surface area contributed by atoms with Crippen LogP contribution in [0.5, 0.6) is 0 Å². The molecular formula is C16H27N3O. The SMILES string of the molecule is CCCc1nc2c(n1C1CCCCCC1O)CCNC2. The predicted octanol–water partition coefficient (Wildman–Crippen LogP) is 2.35. The lowest BCUT2D eigenvalue weighted by Gasteiger charge is -2.27. The monoisotopic (exact) mass is 277 g/mol. The molecule has 0 aromatic carbocycles. The number of aliphatic hydroxyl groups excluding tert-OH is 1. The maximum Gasteiger partial charge on any atom is 0.109 e. The summed E-state index contributed by atoms with van der Waals surface area (Å²) in [6, 6.07) is 0.258. The first-order chi connectivity index (χ1) is 9.81. The summed E-state index contributed by atoms with van der Waals surface area (Å²) in [6.07, 6.45) is 8.71. The zero-order valence-corrected chi connectivity index (χ0v) is 12.6. The third-order valence-electron chi connectivity index (χ3n) is 4.75. The van der Waals surface area contributed by atoms with E-state index < -0.39 is 0 Å². The van der Waals surface area contributed by atoms with E-state index in [0.717, 1.165) is 45.2 Å². The Labute approximate surface area is 121 Å². The van der Waals surface area contributed by atoms with Gasteiger partial charge in [0.15, 0.2) is 0 Å². The number of nitrogens with zero attached hydrogens (tertiary/aromatic N) is 2. The van der Waals surface area contributed by atoms with Gasteiger partial charge < -0.3 is 15.0 Å². The first-order valence-corrected chi connectivity index (χ1v) is 8.29. The van der Waals surface area contributed by atoms with Gasteiger partial charge in [-0.05, 0) is 19.3 Å². The van der Waals surface area contributed by atoms with Gasteiger partial charge in [-0.2, -0.15) is 0 Å². The van der Waals surface area contributed by atoms with Crippen molar-refractivity contribution >= 4 is 0 Å². The third kappa shape index (κ3) is 2.63. The molecule has 1 fully saturated rings. The van der Waals surface area contributed by atoms with Crippen molar-refractivity contribution in [2.24, 2.45) is 0 Å². The fourth-order valence-corrected chi connectivity index (χ4v) is 3.75. The quantitative estimate of drug-likeness (QED) is 0.834. The van der Waals surface area contributed by atoms with Gasteiger partial charge in [-0.25, -0.2) is 4.98 Å². The zero-order valence-electron chi connectivity index (χ0n) is 12.6. The summed E-state index contributed by atoms with van der Waals surface area (Å²) in [7, 11) is 0. The molecule has 3 rings (SSSR count). The Kier molecular flexibility index (Phi) is 4.41. The van der Waals surface area contributed by atoms with Crippen LogP contribution in [0.3, 0.4) is 0 Å².